The van der Waals surface area contributed by atoms with Gasteiger partial charge in [-0.25, -0.2) is 4.68 Å². The summed E-state index contributed by atoms with van der Waals surface area (Å²) in [6, 6.07) is 4.30. The highest BCUT2D eigenvalue weighted by Gasteiger charge is 2.34. The first kappa shape index (κ1) is 21.4. The number of aliphatic carboxylic acids is 1. The number of carbonyl (C=O) groups is 1. The zero-order valence-electron chi connectivity index (χ0n) is 18.2. The first-order valence-corrected chi connectivity index (χ1v) is 10.5. The zero-order valence-corrected chi connectivity index (χ0v) is 18.2. The van der Waals surface area contributed by atoms with Crippen LogP contribution in [0.3, 0.4) is 0 Å². The van der Waals surface area contributed by atoms with E-state index >= 15 is 0 Å². The molecule has 6 nitrogen and oxygen atoms in total. The quantitative estimate of drug-likeness (QED) is 0.806. The van der Waals surface area contributed by atoms with Crippen LogP contribution in [0.15, 0.2) is 16.9 Å². The Morgan fingerprint density at radius 1 is 1.07 bits per heavy atom. The van der Waals surface area contributed by atoms with E-state index in [1.54, 1.807) is 18.5 Å². The van der Waals surface area contributed by atoms with E-state index in [1.165, 1.54) is 5.56 Å². The molecule has 0 atom stereocenters. The van der Waals surface area contributed by atoms with Crippen LogP contribution in [-0.4, -0.2) is 33.7 Å². The number of aryl methyl sites for hydroxylation is 3. The maximum absolute atomic E-state index is 13.6. The maximum Gasteiger partial charge on any atom is 0.309 e. The molecule has 0 amide bonds. The van der Waals surface area contributed by atoms with Gasteiger partial charge in [-0.2, -0.15) is 0 Å². The highest BCUT2D eigenvalue weighted by atomic mass is 16.5. The average molecular weight is 401 g/mol. The van der Waals surface area contributed by atoms with E-state index in [-0.39, 0.29) is 5.56 Å². The van der Waals surface area contributed by atoms with Crippen molar-refractivity contribution in [1.29, 1.82) is 0 Å². The molecule has 1 aliphatic rings. The van der Waals surface area contributed by atoms with E-state index in [1.807, 2.05) is 4.68 Å². The van der Waals surface area contributed by atoms with Gasteiger partial charge >= 0.3 is 5.97 Å². The van der Waals surface area contributed by atoms with Crippen molar-refractivity contribution in [3.05, 3.63) is 44.9 Å². The number of benzene rings is 1. The maximum atomic E-state index is 13.6. The number of carboxylic acids is 1. The molecule has 0 aliphatic carbocycles. The summed E-state index contributed by atoms with van der Waals surface area (Å²) in [7, 11) is 0. The number of nitrogens with zero attached hydrogens (tertiary/aromatic N) is 2. The molecule has 1 N–H and O–H groups in total. The van der Waals surface area contributed by atoms with Crippen molar-refractivity contribution < 1.29 is 14.6 Å². The highest BCUT2D eigenvalue weighted by molar-refractivity contribution is 5.77. The minimum Gasteiger partial charge on any atom is -0.481 e. The summed E-state index contributed by atoms with van der Waals surface area (Å²) in [6.07, 6.45) is 1.93. The Kier molecular flexibility index (Phi) is 6.03. The summed E-state index contributed by atoms with van der Waals surface area (Å²) >= 11 is 0. The fourth-order valence-corrected chi connectivity index (χ4v) is 4.26. The van der Waals surface area contributed by atoms with E-state index in [9.17, 15) is 14.7 Å². The van der Waals surface area contributed by atoms with Gasteiger partial charge in [0.15, 0.2) is 0 Å². The summed E-state index contributed by atoms with van der Waals surface area (Å²) in [5.41, 5.74) is 4.93. The summed E-state index contributed by atoms with van der Waals surface area (Å²) in [5.74, 6) is -0.864. The smallest absolute Gasteiger partial charge is 0.309 e. The number of fused-ring (bicyclic) bond motifs is 1. The van der Waals surface area contributed by atoms with Crippen LogP contribution in [0.25, 0.3) is 11.1 Å². The van der Waals surface area contributed by atoms with Gasteiger partial charge in [0.1, 0.15) is 0 Å². The predicted octanol–water partition coefficient (Wildman–Crippen LogP) is 3.43. The first-order valence-electron chi connectivity index (χ1n) is 10.5. The molecule has 0 radical (unpaired) electrons. The third-order valence-electron chi connectivity index (χ3n) is 5.88. The Bertz CT molecular complexity index is 956. The van der Waals surface area contributed by atoms with E-state index in [4.69, 9.17) is 4.74 Å². The second-order valence-electron chi connectivity index (χ2n) is 8.52. The Labute approximate surface area is 172 Å². The van der Waals surface area contributed by atoms with Gasteiger partial charge in [0.05, 0.1) is 37.3 Å². The molecular weight excluding hydrogens is 368 g/mol. The molecule has 6 heteroatoms. The van der Waals surface area contributed by atoms with Crippen molar-refractivity contribution in [2.24, 2.45) is 5.41 Å². The second kappa shape index (κ2) is 8.19. The molecule has 29 heavy (non-hydrogen) atoms. The Morgan fingerprint density at radius 3 is 2.14 bits per heavy atom. The summed E-state index contributed by atoms with van der Waals surface area (Å²) in [5, 5.41) is 9.75. The van der Waals surface area contributed by atoms with E-state index in [0.717, 1.165) is 35.2 Å². The Morgan fingerprint density at radius 2 is 1.62 bits per heavy atom. The van der Waals surface area contributed by atoms with Gasteiger partial charge in [-0.1, -0.05) is 31.5 Å². The summed E-state index contributed by atoms with van der Waals surface area (Å²) in [6.45, 7) is 11.8. The van der Waals surface area contributed by atoms with Crippen LogP contribution in [-0.2, 0) is 41.9 Å². The van der Waals surface area contributed by atoms with Gasteiger partial charge in [0, 0.05) is 12.1 Å². The van der Waals surface area contributed by atoms with Crippen LogP contribution in [0.1, 0.15) is 50.1 Å². The number of hydrogen-bond acceptors (Lipinski definition) is 3. The lowest BCUT2D eigenvalue weighted by atomic mass is 9.83. The van der Waals surface area contributed by atoms with Crippen molar-refractivity contribution in [2.45, 2.75) is 67.0 Å². The molecule has 0 unspecified atom stereocenters. The molecule has 2 heterocycles. The van der Waals surface area contributed by atoms with Crippen LogP contribution < -0.4 is 5.56 Å². The molecule has 1 aliphatic heterocycles. The SMILES string of the molecule is CCc1cc(C)cc(CC)c1-c1c(CC(C)(C)C(=O)O)n2n(c1=O)CCOCC2. The molecule has 0 saturated carbocycles. The molecule has 0 fully saturated rings. The number of carboxylic acid groups (broad SMARTS) is 1. The molecule has 0 saturated heterocycles. The lowest BCUT2D eigenvalue weighted by molar-refractivity contribution is -0.146. The number of rotatable bonds is 6. The van der Waals surface area contributed by atoms with Crippen LogP contribution in [0, 0.1) is 12.3 Å². The topological polar surface area (TPSA) is 73.5 Å². The normalized spacial score (nSPS) is 14.5. The first-order chi connectivity index (χ1) is 13.7. The third-order valence-corrected chi connectivity index (χ3v) is 5.88. The van der Waals surface area contributed by atoms with Gasteiger partial charge < -0.3 is 9.84 Å². The second-order valence-corrected chi connectivity index (χ2v) is 8.52. The van der Waals surface area contributed by atoms with Gasteiger partial charge in [-0.05, 0) is 50.3 Å². The molecular formula is C23H32N2O4. The summed E-state index contributed by atoms with van der Waals surface area (Å²) in [4.78, 5) is 25.5. The van der Waals surface area contributed by atoms with Gasteiger partial charge in [0.2, 0.25) is 0 Å². The third kappa shape index (κ3) is 3.90. The summed E-state index contributed by atoms with van der Waals surface area (Å²) < 4.78 is 9.29. The molecule has 0 spiro atoms. The van der Waals surface area contributed by atoms with Crippen molar-refractivity contribution in [2.75, 3.05) is 13.2 Å². The lowest BCUT2D eigenvalue weighted by Crippen LogP contribution is -2.29. The fraction of sp³-hybridized carbons (Fsp3) is 0.565. The minimum absolute atomic E-state index is 0.0417. The number of hydrogen-bond donors (Lipinski definition) is 1. The standard InChI is InChI=1S/C23H32N2O4/c1-6-16-12-15(3)13-17(7-2)19(16)20-18(14-23(4,5)22(27)28)24-8-10-29-11-9-25(24)21(20)26/h12-13H,6-11,14H2,1-5H3,(H,27,28). The molecule has 0 bridgehead atoms. The van der Waals surface area contributed by atoms with Crippen LogP contribution in [0.2, 0.25) is 0 Å². The number of aromatic nitrogens is 2. The molecule has 158 valence electrons. The van der Waals surface area contributed by atoms with Crippen molar-refractivity contribution >= 4 is 5.97 Å². The molecule has 1 aromatic heterocycles. The fourth-order valence-electron chi connectivity index (χ4n) is 4.26. The monoisotopic (exact) mass is 400 g/mol. The van der Waals surface area contributed by atoms with Crippen LogP contribution in [0.5, 0.6) is 0 Å². The molecule has 1 aromatic carbocycles. The minimum atomic E-state index is -0.979. The van der Waals surface area contributed by atoms with E-state index in [2.05, 4.69) is 32.9 Å². The van der Waals surface area contributed by atoms with Gasteiger partial charge in [-0.15, -0.1) is 0 Å². The molecule has 3 rings (SSSR count). The van der Waals surface area contributed by atoms with E-state index < -0.39 is 11.4 Å². The molecule has 2 aromatic rings. The highest BCUT2D eigenvalue weighted by Crippen LogP contribution is 2.34. The van der Waals surface area contributed by atoms with Crippen molar-refractivity contribution in [3.63, 3.8) is 0 Å². The van der Waals surface area contributed by atoms with Crippen LogP contribution in [0.4, 0.5) is 0 Å². The van der Waals surface area contributed by atoms with Crippen molar-refractivity contribution in [3.8, 4) is 11.1 Å². The Balaban J connectivity index is 2.36. The number of ether oxygens (including phenoxy) is 1. The lowest BCUT2D eigenvalue weighted by Gasteiger charge is -2.22. The van der Waals surface area contributed by atoms with Gasteiger partial charge in [-0.3, -0.25) is 14.3 Å². The van der Waals surface area contributed by atoms with Crippen LogP contribution >= 0.6 is 0 Å². The van der Waals surface area contributed by atoms with E-state index in [0.29, 0.717) is 38.3 Å². The van der Waals surface area contributed by atoms with Crippen molar-refractivity contribution in [1.82, 2.24) is 9.36 Å². The Hall–Kier alpha value is -2.34. The zero-order chi connectivity index (χ0) is 21.3. The van der Waals surface area contributed by atoms with Gasteiger partial charge in [0.25, 0.3) is 5.56 Å². The largest absolute Gasteiger partial charge is 0.481 e. The average Bonchev–Trinajstić information content (AvgIpc) is 2.84. The predicted molar refractivity (Wildman–Crippen MR) is 114 cm³/mol.